The van der Waals surface area contributed by atoms with Crippen molar-refractivity contribution in [3.8, 4) is 5.75 Å². The fourth-order valence-corrected chi connectivity index (χ4v) is 6.19. The summed E-state index contributed by atoms with van der Waals surface area (Å²) in [6.07, 6.45) is 2.37. The van der Waals surface area contributed by atoms with Crippen LogP contribution in [0.4, 0.5) is 5.69 Å². The van der Waals surface area contributed by atoms with Crippen LogP contribution in [0.3, 0.4) is 0 Å². The van der Waals surface area contributed by atoms with Gasteiger partial charge in [0.2, 0.25) is 0 Å². The first-order valence-electron chi connectivity index (χ1n) is 11.6. The molecule has 0 saturated carbocycles. The SMILES string of the molecule is Cc1ccc2c(c1)O[C@@H](C(=O)N[C@H](C)c1ccc3c(c1)CCC3)CN2S(=O)(=O)c1ccccc1. The molecule has 3 aromatic rings. The second kappa shape index (κ2) is 8.80. The summed E-state index contributed by atoms with van der Waals surface area (Å²) in [5.74, 6) is 0.0458. The van der Waals surface area contributed by atoms with Gasteiger partial charge in [-0.1, -0.05) is 42.5 Å². The Morgan fingerprint density at radius 3 is 2.59 bits per heavy atom. The van der Waals surface area contributed by atoms with Crippen LogP contribution in [0.2, 0.25) is 0 Å². The third-order valence-electron chi connectivity index (χ3n) is 6.59. The molecular formula is C27H28N2O4S. The van der Waals surface area contributed by atoms with E-state index in [1.807, 2.05) is 19.9 Å². The molecule has 0 saturated heterocycles. The number of nitrogens with one attached hydrogen (secondary N) is 1. The summed E-state index contributed by atoms with van der Waals surface area (Å²) in [5.41, 5.74) is 5.12. The van der Waals surface area contributed by atoms with Gasteiger partial charge in [-0.3, -0.25) is 9.10 Å². The summed E-state index contributed by atoms with van der Waals surface area (Å²) in [6.45, 7) is 3.74. The van der Waals surface area contributed by atoms with Gasteiger partial charge in [-0.15, -0.1) is 0 Å². The quantitative estimate of drug-likeness (QED) is 0.595. The molecule has 5 rings (SSSR count). The van der Waals surface area contributed by atoms with Gasteiger partial charge in [-0.25, -0.2) is 8.42 Å². The minimum atomic E-state index is -3.87. The molecule has 0 aromatic heterocycles. The number of hydrogen-bond acceptors (Lipinski definition) is 4. The summed E-state index contributed by atoms with van der Waals surface area (Å²) < 4.78 is 34.3. The van der Waals surface area contributed by atoms with Gasteiger partial charge in [-0.05, 0) is 79.6 Å². The maximum Gasteiger partial charge on any atom is 0.264 e. The van der Waals surface area contributed by atoms with Gasteiger partial charge in [0.25, 0.3) is 15.9 Å². The van der Waals surface area contributed by atoms with Gasteiger partial charge in [0.1, 0.15) is 5.75 Å². The van der Waals surface area contributed by atoms with E-state index in [4.69, 9.17) is 4.74 Å². The average molecular weight is 477 g/mol. The van der Waals surface area contributed by atoms with Gasteiger partial charge in [0.05, 0.1) is 23.2 Å². The second-order valence-electron chi connectivity index (χ2n) is 9.04. The van der Waals surface area contributed by atoms with E-state index >= 15 is 0 Å². The highest BCUT2D eigenvalue weighted by atomic mass is 32.2. The van der Waals surface area contributed by atoms with Gasteiger partial charge >= 0.3 is 0 Å². The molecule has 7 heteroatoms. The van der Waals surface area contributed by atoms with Crippen LogP contribution in [0.15, 0.2) is 71.6 Å². The van der Waals surface area contributed by atoms with Crippen LogP contribution < -0.4 is 14.4 Å². The molecule has 1 heterocycles. The van der Waals surface area contributed by atoms with Gasteiger partial charge < -0.3 is 10.1 Å². The van der Waals surface area contributed by atoms with Crippen molar-refractivity contribution < 1.29 is 17.9 Å². The highest BCUT2D eigenvalue weighted by molar-refractivity contribution is 7.92. The van der Waals surface area contributed by atoms with Crippen molar-refractivity contribution in [3.05, 3.63) is 89.0 Å². The lowest BCUT2D eigenvalue weighted by Gasteiger charge is -2.35. The number of aryl methyl sites for hydroxylation is 3. The average Bonchev–Trinajstić information content (AvgIpc) is 3.31. The molecule has 0 fully saturated rings. The van der Waals surface area contributed by atoms with Crippen molar-refractivity contribution in [1.82, 2.24) is 5.32 Å². The van der Waals surface area contributed by atoms with E-state index in [1.54, 1.807) is 42.5 Å². The van der Waals surface area contributed by atoms with E-state index in [9.17, 15) is 13.2 Å². The van der Waals surface area contributed by atoms with Gasteiger partial charge in [-0.2, -0.15) is 0 Å². The van der Waals surface area contributed by atoms with Crippen LogP contribution in [0.25, 0.3) is 0 Å². The highest BCUT2D eigenvalue weighted by Gasteiger charge is 2.38. The largest absolute Gasteiger partial charge is 0.476 e. The zero-order chi connectivity index (χ0) is 23.9. The number of hydrogen-bond donors (Lipinski definition) is 1. The third kappa shape index (κ3) is 4.16. The number of fused-ring (bicyclic) bond motifs is 2. The molecular weight excluding hydrogens is 448 g/mol. The standard InChI is InChI=1S/C27H28N2O4S/c1-18-11-14-24-25(15-18)33-26(17-29(24)34(31,32)23-9-4-3-5-10-23)27(30)28-19(2)21-13-12-20-7-6-8-22(20)16-21/h3-5,9-16,19,26H,6-8,17H2,1-2H3,(H,28,30)/t19-,26-/m1/s1. The summed E-state index contributed by atoms with van der Waals surface area (Å²) in [6, 6.07) is 19.7. The first-order valence-corrected chi connectivity index (χ1v) is 13.0. The van der Waals surface area contributed by atoms with Gasteiger partial charge in [0.15, 0.2) is 6.10 Å². The predicted octanol–water partition coefficient (Wildman–Crippen LogP) is 4.32. The Morgan fingerprint density at radius 1 is 1.03 bits per heavy atom. The molecule has 1 N–H and O–H groups in total. The molecule has 0 spiro atoms. The summed E-state index contributed by atoms with van der Waals surface area (Å²) >= 11 is 0. The Kier molecular flexibility index (Phi) is 5.81. The smallest absolute Gasteiger partial charge is 0.264 e. The van der Waals surface area contributed by atoms with E-state index < -0.39 is 16.1 Å². The van der Waals surface area contributed by atoms with Gasteiger partial charge in [0, 0.05) is 0 Å². The van der Waals surface area contributed by atoms with Crippen molar-refractivity contribution in [2.75, 3.05) is 10.8 Å². The minimum Gasteiger partial charge on any atom is -0.476 e. The van der Waals surface area contributed by atoms with E-state index in [2.05, 4.69) is 23.5 Å². The Bertz CT molecular complexity index is 1340. The fourth-order valence-electron chi connectivity index (χ4n) is 4.70. The fraction of sp³-hybridized carbons (Fsp3) is 0.296. The Hall–Kier alpha value is -3.32. The molecule has 1 amide bonds. The molecule has 0 unspecified atom stereocenters. The number of benzene rings is 3. The zero-order valence-electron chi connectivity index (χ0n) is 19.3. The monoisotopic (exact) mass is 476 g/mol. The van der Waals surface area contributed by atoms with E-state index in [0.717, 1.165) is 24.0 Å². The lowest BCUT2D eigenvalue weighted by Crippen LogP contribution is -2.51. The van der Waals surface area contributed by atoms with E-state index in [-0.39, 0.29) is 23.4 Å². The molecule has 1 aliphatic carbocycles. The maximum absolute atomic E-state index is 13.5. The molecule has 3 aromatic carbocycles. The Labute approximate surface area is 200 Å². The molecule has 176 valence electrons. The first-order chi connectivity index (χ1) is 16.3. The van der Waals surface area contributed by atoms with Crippen LogP contribution >= 0.6 is 0 Å². The molecule has 2 aliphatic rings. The van der Waals surface area contributed by atoms with Crippen molar-refractivity contribution in [2.24, 2.45) is 0 Å². The number of sulfonamides is 1. The summed E-state index contributed by atoms with van der Waals surface area (Å²) in [7, 11) is -3.87. The third-order valence-corrected chi connectivity index (χ3v) is 8.38. The maximum atomic E-state index is 13.5. The molecule has 34 heavy (non-hydrogen) atoms. The molecule has 0 bridgehead atoms. The van der Waals surface area contributed by atoms with Crippen molar-refractivity contribution in [1.29, 1.82) is 0 Å². The number of nitrogens with zero attached hydrogens (tertiary/aromatic N) is 1. The molecule has 0 radical (unpaired) electrons. The van der Waals surface area contributed by atoms with Crippen molar-refractivity contribution in [2.45, 2.75) is 50.2 Å². The van der Waals surface area contributed by atoms with E-state index in [1.165, 1.54) is 21.9 Å². The highest BCUT2D eigenvalue weighted by Crippen LogP contribution is 2.38. The number of amides is 1. The van der Waals surface area contributed by atoms with Crippen LogP contribution in [-0.4, -0.2) is 27.0 Å². The van der Waals surface area contributed by atoms with Crippen LogP contribution in [0.5, 0.6) is 5.75 Å². The topological polar surface area (TPSA) is 75.7 Å². The second-order valence-corrected chi connectivity index (χ2v) is 10.9. The predicted molar refractivity (Wildman–Crippen MR) is 132 cm³/mol. The van der Waals surface area contributed by atoms with Crippen LogP contribution in [-0.2, 0) is 27.7 Å². The Morgan fingerprint density at radius 2 is 1.79 bits per heavy atom. The number of rotatable bonds is 5. The number of carbonyl (C=O) groups is 1. The summed E-state index contributed by atoms with van der Waals surface area (Å²) in [4.78, 5) is 13.4. The van der Waals surface area contributed by atoms with Crippen LogP contribution in [0, 0.1) is 6.92 Å². The number of ether oxygens (including phenoxy) is 1. The van der Waals surface area contributed by atoms with E-state index in [0.29, 0.717) is 11.4 Å². The van der Waals surface area contributed by atoms with Crippen molar-refractivity contribution >= 4 is 21.6 Å². The zero-order valence-corrected chi connectivity index (χ0v) is 20.1. The molecule has 1 aliphatic heterocycles. The normalized spacial score (nSPS) is 17.9. The molecule has 2 atom stereocenters. The summed E-state index contributed by atoms with van der Waals surface area (Å²) in [5, 5.41) is 3.03. The van der Waals surface area contributed by atoms with Crippen LogP contribution in [0.1, 0.15) is 41.6 Å². The number of carbonyl (C=O) groups excluding carboxylic acids is 1. The first kappa shape index (κ1) is 22.5. The Balaban J connectivity index is 1.41. The lowest BCUT2D eigenvalue weighted by molar-refractivity contribution is -0.128. The lowest BCUT2D eigenvalue weighted by atomic mass is 10.0. The minimum absolute atomic E-state index is 0.101. The molecule has 6 nitrogen and oxygen atoms in total. The number of anilines is 1. The van der Waals surface area contributed by atoms with Crippen molar-refractivity contribution in [3.63, 3.8) is 0 Å².